The van der Waals surface area contributed by atoms with E-state index in [1.165, 1.54) is 5.56 Å². The van der Waals surface area contributed by atoms with E-state index in [1.807, 2.05) is 18.2 Å². The maximum Gasteiger partial charge on any atom is 0.313 e. The lowest BCUT2D eigenvalue weighted by atomic mass is 9.90. The largest absolute Gasteiger partial charge is 0.334 e. The standard InChI is InChI=1S/C22H23N3O3/c26-20-14-17-13-18(6-7-19(17)24-20)23-21(27)22(28)25-10-8-16(9-11-25)12-15-4-2-1-3-5-15/h1-7,13,16H,8-12,14H2,(H,23,27)(H,24,26). The van der Waals surface area contributed by atoms with Crippen molar-refractivity contribution in [3.63, 3.8) is 0 Å². The zero-order chi connectivity index (χ0) is 19.5. The molecule has 0 aliphatic carbocycles. The third kappa shape index (κ3) is 4.06. The van der Waals surface area contributed by atoms with Gasteiger partial charge in [-0.05, 0) is 54.5 Å². The number of hydrogen-bond acceptors (Lipinski definition) is 3. The summed E-state index contributed by atoms with van der Waals surface area (Å²) in [5, 5.41) is 5.41. The first-order valence-corrected chi connectivity index (χ1v) is 9.65. The molecule has 0 aromatic heterocycles. The number of rotatable bonds is 3. The van der Waals surface area contributed by atoms with Crippen molar-refractivity contribution >= 4 is 29.1 Å². The fourth-order valence-corrected chi connectivity index (χ4v) is 3.92. The highest BCUT2D eigenvalue weighted by Gasteiger charge is 2.27. The molecule has 2 aliphatic rings. The lowest BCUT2D eigenvalue weighted by Crippen LogP contribution is -2.44. The van der Waals surface area contributed by atoms with Crippen molar-refractivity contribution < 1.29 is 14.4 Å². The number of carbonyl (C=O) groups excluding carboxylic acids is 3. The SMILES string of the molecule is O=C1Cc2cc(NC(=O)C(=O)N3CCC(Cc4ccccc4)CC3)ccc2N1. The van der Waals surface area contributed by atoms with Crippen LogP contribution in [-0.2, 0) is 27.2 Å². The van der Waals surface area contributed by atoms with Crippen LogP contribution in [-0.4, -0.2) is 35.7 Å². The lowest BCUT2D eigenvalue weighted by Gasteiger charge is -2.31. The molecule has 3 amide bonds. The number of nitrogens with zero attached hydrogens (tertiary/aromatic N) is 1. The molecule has 0 saturated carbocycles. The summed E-state index contributed by atoms with van der Waals surface area (Å²) in [6.45, 7) is 1.21. The summed E-state index contributed by atoms with van der Waals surface area (Å²) in [6, 6.07) is 15.5. The number of carbonyl (C=O) groups is 3. The molecule has 6 heteroatoms. The van der Waals surface area contributed by atoms with Crippen molar-refractivity contribution in [3.8, 4) is 0 Å². The first-order chi connectivity index (χ1) is 13.6. The number of hydrogen-bond donors (Lipinski definition) is 2. The molecular weight excluding hydrogens is 354 g/mol. The summed E-state index contributed by atoms with van der Waals surface area (Å²) >= 11 is 0. The number of likely N-dealkylation sites (tertiary alicyclic amines) is 1. The molecule has 1 fully saturated rings. The third-order valence-electron chi connectivity index (χ3n) is 5.45. The number of benzene rings is 2. The Kier molecular flexibility index (Phi) is 5.10. The predicted octanol–water partition coefficient (Wildman–Crippen LogP) is 2.60. The fraction of sp³-hybridized carbons (Fsp3) is 0.318. The summed E-state index contributed by atoms with van der Waals surface area (Å²) in [7, 11) is 0. The van der Waals surface area contributed by atoms with Crippen molar-refractivity contribution in [1.82, 2.24) is 4.90 Å². The Balaban J connectivity index is 1.30. The zero-order valence-electron chi connectivity index (χ0n) is 15.6. The Hall–Kier alpha value is -3.15. The summed E-state index contributed by atoms with van der Waals surface area (Å²) in [6.07, 6.45) is 3.11. The molecule has 1 saturated heterocycles. The Morgan fingerprint density at radius 3 is 2.57 bits per heavy atom. The van der Waals surface area contributed by atoms with Crippen LogP contribution in [0, 0.1) is 5.92 Å². The average molecular weight is 377 g/mol. The van der Waals surface area contributed by atoms with E-state index >= 15 is 0 Å². The van der Waals surface area contributed by atoms with E-state index < -0.39 is 11.8 Å². The summed E-state index contributed by atoms with van der Waals surface area (Å²) < 4.78 is 0. The maximum absolute atomic E-state index is 12.5. The second-order valence-electron chi connectivity index (χ2n) is 7.48. The molecule has 0 radical (unpaired) electrons. The summed E-state index contributed by atoms with van der Waals surface area (Å²) in [5.74, 6) is -0.643. The van der Waals surface area contributed by atoms with Crippen LogP contribution < -0.4 is 10.6 Å². The van der Waals surface area contributed by atoms with Crippen LogP contribution >= 0.6 is 0 Å². The van der Waals surface area contributed by atoms with Crippen molar-refractivity contribution in [2.75, 3.05) is 23.7 Å². The molecular formula is C22H23N3O3. The normalized spacial score (nSPS) is 16.4. The number of amides is 3. The second kappa shape index (κ2) is 7.84. The molecule has 6 nitrogen and oxygen atoms in total. The van der Waals surface area contributed by atoms with E-state index in [1.54, 1.807) is 23.1 Å². The van der Waals surface area contributed by atoms with E-state index in [-0.39, 0.29) is 5.91 Å². The van der Waals surface area contributed by atoms with Gasteiger partial charge in [0.15, 0.2) is 0 Å². The quantitative estimate of drug-likeness (QED) is 0.807. The first-order valence-electron chi connectivity index (χ1n) is 9.65. The van der Waals surface area contributed by atoms with Gasteiger partial charge in [-0.1, -0.05) is 30.3 Å². The van der Waals surface area contributed by atoms with Crippen LogP contribution in [0.2, 0.25) is 0 Å². The molecule has 0 bridgehead atoms. The number of piperidine rings is 1. The zero-order valence-corrected chi connectivity index (χ0v) is 15.6. The summed E-state index contributed by atoms with van der Waals surface area (Å²) in [4.78, 5) is 37.9. The molecule has 2 N–H and O–H groups in total. The fourth-order valence-electron chi connectivity index (χ4n) is 3.92. The molecule has 2 aromatic carbocycles. The van der Waals surface area contributed by atoms with Gasteiger partial charge in [-0.25, -0.2) is 0 Å². The van der Waals surface area contributed by atoms with E-state index in [2.05, 4.69) is 22.8 Å². The highest BCUT2D eigenvalue weighted by molar-refractivity contribution is 6.39. The van der Waals surface area contributed by atoms with Crippen molar-refractivity contribution in [2.24, 2.45) is 5.92 Å². The van der Waals surface area contributed by atoms with Gasteiger partial charge in [0.2, 0.25) is 5.91 Å². The van der Waals surface area contributed by atoms with Gasteiger partial charge < -0.3 is 15.5 Å². The van der Waals surface area contributed by atoms with Gasteiger partial charge in [0.25, 0.3) is 0 Å². The number of nitrogens with one attached hydrogen (secondary N) is 2. The summed E-state index contributed by atoms with van der Waals surface area (Å²) in [5.41, 5.74) is 3.44. The minimum Gasteiger partial charge on any atom is -0.334 e. The predicted molar refractivity (Wildman–Crippen MR) is 107 cm³/mol. The average Bonchev–Trinajstić information content (AvgIpc) is 3.08. The van der Waals surface area contributed by atoms with Crippen molar-refractivity contribution in [1.29, 1.82) is 0 Å². The van der Waals surface area contributed by atoms with Gasteiger partial charge in [0.05, 0.1) is 6.42 Å². The second-order valence-corrected chi connectivity index (χ2v) is 7.48. The van der Waals surface area contributed by atoms with E-state index in [4.69, 9.17) is 0 Å². The van der Waals surface area contributed by atoms with Crippen LogP contribution in [0.4, 0.5) is 11.4 Å². The van der Waals surface area contributed by atoms with Gasteiger partial charge in [0.1, 0.15) is 0 Å². The van der Waals surface area contributed by atoms with Crippen LogP contribution in [0.1, 0.15) is 24.0 Å². The van der Waals surface area contributed by atoms with E-state index in [9.17, 15) is 14.4 Å². The molecule has 28 heavy (non-hydrogen) atoms. The topological polar surface area (TPSA) is 78.5 Å². The Labute approximate surface area is 163 Å². The lowest BCUT2D eigenvalue weighted by molar-refractivity contribution is -0.144. The molecule has 0 spiro atoms. The monoisotopic (exact) mass is 377 g/mol. The van der Waals surface area contributed by atoms with Gasteiger partial charge in [-0.3, -0.25) is 14.4 Å². The van der Waals surface area contributed by atoms with Crippen molar-refractivity contribution in [3.05, 3.63) is 59.7 Å². The smallest absolute Gasteiger partial charge is 0.313 e. The minimum atomic E-state index is -0.626. The minimum absolute atomic E-state index is 0.0621. The molecule has 0 atom stereocenters. The van der Waals surface area contributed by atoms with Crippen LogP contribution in [0.25, 0.3) is 0 Å². The molecule has 4 rings (SSSR count). The maximum atomic E-state index is 12.5. The van der Waals surface area contributed by atoms with Gasteiger partial charge in [-0.2, -0.15) is 0 Å². The number of fused-ring (bicyclic) bond motifs is 1. The van der Waals surface area contributed by atoms with Crippen LogP contribution in [0.15, 0.2) is 48.5 Å². The molecule has 2 aromatic rings. The van der Waals surface area contributed by atoms with Crippen LogP contribution in [0.3, 0.4) is 0 Å². The highest BCUT2D eigenvalue weighted by atomic mass is 16.2. The Morgan fingerprint density at radius 2 is 1.82 bits per heavy atom. The number of anilines is 2. The first kappa shape index (κ1) is 18.2. The Morgan fingerprint density at radius 1 is 1.07 bits per heavy atom. The van der Waals surface area contributed by atoms with Crippen molar-refractivity contribution in [2.45, 2.75) is 25.7 Å². The third-order valence-corrected chi connectivity index (χ3v) is 5.45. The van der Waals surface area contributed by atoms with Crippen LogP contribution in [0.5, 0.6) is 0 Å². The van der Waals surface area contributed by atoms with E-state index in [0.29, 0.717) is 31.1 Å². The molecule has 0 unspecified atom stereocenters. The highest BCUT2D eigenvalue weighted by Crippen LogP contribution is 2.26. The van der Waals surface area contributed by atoms with E-state index in [0.717, 1.165) is 30.5 Å². The molecule has 2 heterocycles. The molecule has 144 valence electrons. The Bertz CT molecular complexity index is 902. The van der Waals surface area contributed by atoms with Gasteiger partial charge in [0, 0.05) is 24.5 Å². The van der Waals surface area contributed by atoms with Gasteiger partial charge >= 0.3 is 11.8 Å². The van der Waals surface area contributed by atoms with Gasteiger partial charge in [-0.15, -0.1) is 0 Å². The molecule has 2 aliphatic heterocycles.